The van der Waals surface area contributed by atoms with Gasteiger partial charge in [0.15, 0.2) is 0 Å². The quantitative estimate of drug-likeness (QED) is 0.562. The minimum atomic E-state index is -4.74. The zero-order valence-corrected chi connectivity index (χ0v) is 18.8. The van der Waals surface area contributed by atoms with E-state index < -0.39 is 6.36 Å². The lowest BCUT2D eigenvalue weighted by Crippen LogP contribution is -2.45. The first-order valence-electron chi connectivity index (χ1n) is 10.7. The van der Waals surface area contributed by atoms with Gasteiger partial charge in [-0.25, -0.2) is 9.97 Å². The molecule has 1 fully saturated rings. The van der Waals surface area contributed by atoms with Crippen LogP contribution in [0.15, 0.2) is 48.5 Å². The Bertz CT molecular complexity index is 1200. The van der Waals surface area contributed by atoms with E-state index >= 15 is 0 Å². The number of likely N-dealkylation sites (N-methyl/N-ethyl adjacent to an activating group) is 1. The number of carbonyl (C=O) groups excluding carboxylic acids is 1. The molecular weight excluding hydrogens is 447 g/mol. The van der Waals surface area contributed by atoms with Crippen LogP contribution in [0.25, 0.3) is 17.0 Å². The summed E-state index contributed by atoms with van der Waals surface area (Å²) in [4.78, 5) is 26.1. The number of rotatable bonds is 5. The number of aryl methyl sites for hydroxylation is 1. The molecule has 2 heterocycles. The van der Waals surface area contributed by atoms with Gasteiger partial charge in [-0.15, -0.1) is 13.2 Å². The van der Waals surface area contributed by atoms with Crippen molar-refractivity contribution < 1.29 is 22.7 Å². The minimum Gasteiger partial charge on any atom is -0.406 e. The van der Waals surface area contributed by atoms with Crippen LogP contribution in [-0.4, -0.2) is 60.4 Å². The molecule has 1 aliphatic heterocycles. The van der Waals surface area contributed by atoms with E-state index in [-0.39, 0.29) is 11.7 Å². The first-order valence-corrected chi connectivity index (χ1v) is 10.7. The number of ether oxygens (including phenoxy) is 1. The molecule has 0 spiro atoms. The predicted octanol–water partition coefficient (Wildman–Crippen LogP) is 4.24. The summed E-state index contributed by atoms with van der Waals surface area (Å²) in [5, 5.41) is 3.63. The SMILES string of the molecule is Cc1nc(N2CCN(C)CC2)nc2ccc(NC(=O)C=Cc3ccc(OC(F)(F)F)cc3)cc12. The third-order valence-corrected chi connectivity index (χ3v) is 5.47. The topological polar surface area (TPSA) is 70.6 Å². The first kappa shape index (κ1) is 23.5. The fraction of sp³-hybridized carbons (Fsp3) is 0.292. The second-order valence-corrected chi connectivity index (χ2v) is 8.07. The number of alkyl halides is 3. The first-order chi connectivity index (χ1) is 16.2. The molecule has 10 heteroatoms. The molecule has 0 radical (unpaired) electrons. The average Bonchev–Trinajstić information content (AvgIpc) is 2.78. The summed E-state index contributed by atoms with van der Waals surface area (Å²) in [7, 11) is 2.10. The molecule has 0 unspecified atom stereocenters. The van der Waals surface area contributed by atoms with E-state index in [2.05, 4.69) is 31.9 Å². The van der Waals surface area contributed by atoms with E-state index in [9.17, 15) is 18.0 Å². The molecule has 1 aromatic heterocycles. The summed E-state index contributed by atoms with van der Waals surface area (Å²) < 4.78 is 40.6. The van der Waals surface area contributed by atoms with Crippen LogP contribution in [0, 0.1) is 6.92 Å². The Kier molecular flexibility index (Phi) is 6.69. The van der Waals surface area contributed by atoms with Crippen molar-refractivity contribution in [3.63, 3.8) is 0 Å². The van der Waals surface area contributed by atoms with Crippen molar-refractivity contribution >= 4 is 34.5 Å². The monoisotopic (exact) mass is 471 g/mol. The normalized spacial score (nSPS) is 15.1. The summed E-state index contributed by atoms with van der Waals surface area (Å²) >= 11 is 0. The molecule has 1 saturated heterocycles. The van der Waals surface area contributed by atoms with Crippen LogP contribution in [0.1, 0.15) is 11.3 Å². The largest absolute Gasteiger partial charge is 0.573 e. The molecular formula is C24H24F3N5O2. The Balaban J connectivity index is 1.42. The van der Waals surface area contributed by atoms with Gasteiger partial charge in [0.25, 0.3) is 0 Å². The van der Waals surface area contributed by atoms with Crippen LogP contribution in [-0.2, 0) is 4.79 Å². The van der Waals surface area contributed by atoms with E-state index in [0.717, 1.165) is 42.8 Å². The molecule has 1 amide bonds. The Hall–Kier alpha value is -3.66. The van der Waals surface area contributed by atoms with Gasteiger partial charge in [-0.1, -0.05) is 12.1 Å². The number of piperazine rings is 1. The van der Waals surface area contributed by atoms with Gasteiger partial charge in [0.05, 0.1) is 11.2 Å². The van der Waals surface area contributed by atoms with Gasteiger partial charge in [-0.2, -0.15) is 0 Å². The third kappa shape index (κ3) is 6.02. The Morgan fingerprint density at radius 1 is 1.06 bits per heavy atom. The minimum absolute atomic E-state index is 0.321. The van der Waals surface area contributed by atoms with E-state index in [4.69, 9.17) is 4.98 Å². The maximum absolute atomic E-state index is 12.3. The summed E-state index contributed by atoms with van der Waals surface area (Å²) in [6.07, 6.45) is -1.93. The van der Waals surface area contributed by atoms with Gasteiger partial charge in [-0.05, 0) is 55.9 Å². The molecule has 3 aromatic rings. The van der Waals surface area contributed by atoms with Crippen molar-refractivity contribution in [3.8, 4) is 5.75 Å². The van der Waals surface area contributed by atoms with Crippen molar-refractivity contribution in [2.75, 3.05) is 43.4 Å². The molecule has 0 atom stereocenters. The lowest BCUT2D eigenvalue weighted by atomic mass is 10.1. The number of anilines is 2. The maximum Gasteiger partial charge on any atom is 0.573 e. The number of nitrogens with zero attached hydrogens (tertiary/aromatic N) is 4. The number of hydrogen-bond donors (Lipinski definition) is 1. The van der Waals surface area contributed by atoms with Gasteiger partial charge in [0.2, 0.25) is 11.9 Å². The van der Waals surface area contributed by atoms with Gasteiger partial charge in [-0.3, -0.25) is 4.79 Å². The van der Waals surface area contributed by atoms with E-state index in [1.54, 1.807) is 6.07 Å². The van der Waals surface area contributed by atoms with E-state index in [1.165, 1.54) is 36.4 Å². The van der Waals surface area contributed by atoms with Crippen LogP contribution >= 0.6 is 0 Å². The molecule has 4 rings (SSSR count). The molecule has 0 saturated carbocycles. The van der Waals surface area contributed by atoms with Gasteiger partial charge in [0, 0.05) is 43.3 Å². The molecule has 2 aromatic carbocycles. The van der Waals surface area contributed by atoms with Crippen molar-refractivity contribution in [1.29, 1.82) is 0 Å². The number of benzene rings is 2. The summed E-state index contributed by atoms with van der Waals surface area (Å²) in [6, 6.07) is 10.7. The number of halogens is 3. The van der Waals surface area contributed by atoms with Gasteiger partial charge < -0.3 is 19.9 Å². The van der Waals surface area contributed by atoms with Gasteiger partial charge >= 0.3 is 6.36 Å². The predicted molar refractivity (Wildman–Crippen MR) is 125 cm³/mol. The number of carbonyl (C=O) groups is 1. The highest BCUT2D eigenvalue weighted by atomic mass is 19.4. The highest BCUT2D eigenvalue weighted by Gasteiger charge is 2.30. The zero-order chi connectivity index (χ0) is 24.3. The van der Waals surface area contributed by atoms with Crippen molar-refractivity contribution in [3.05, 3.63) is 59.8 Å². The second kappa shape index (κ2) is 9.68. The number of amides is 1. The van der Waals surface area contributed by atoms with Gasteiger partial charge in [0.1, 0.15) is 5.75 Å². The second-order valence-electron chi connectivity index (χ2n) is 8.07. The number of hydrogen-bond acceptors (Lipinski definition) is 6. The molecule has 34 heavy (non-hydrogen) atoms. The third-order valence-electron chi connectivity index (χ3n) is 5.47. The Morgan fingerprint density at radius 3 is 2.44 bits per heavy atom. The highest BCUT2D eigenvalue weighted by Crippen LogP contribution is 2.24. The molecule has 0 aliphatic carbocycles. The lowest BCUT2D eigenvalue weighted by Gasteiger charge is -2.32. The fourth-order valence-electron chi connectivity index (χ4n) is 3.63. The fourth-order valence-corrected chi connectivity index (χ4v) is 3.63. The zero-order valence-electron chi connectivity index (χ0n) is 18.8. The van der Waals surface area contributed by atoms with Crippen LogP contribution in [0.5, 0.6) is 5.75 Å². The molecule has 7 nitrogen and oxygen atoms in total. The molecule has 1 aliphatic rings. The molecule has 178 valence electrons. The van der Waals surface area contributed by atoms with Crippen molar-refractivity contribution in [2.45, 2.75) is 13.3 Å². The average molecular weight is 471 g/mol. The molecule has 0 bridgehead atoms. The Labute approximate surface area is 194 Å². The van der Waals surface area contributed by atoms with Crippen LogP contribution in [0.2, 0.25) is 0 Å². The van der Waals surface area contributed by atoms with Crippen LogP contribution < -0.4 is 15.0 Å². The molecule has 1 N–H and O–H groups in total. The van der Waals surface area contributed by atoms with E-state index in [0.29, 0.717) is 17.2 Å². The number of fused-ring (bicyclic) bond motifs is 1. The van der Waals surface area contributed by atoms with Crippen LogP contribution in [0.4, 0.5) is 24.8 Å². The summed E-state index contributed by atoms with van der Waals surface area (Å²) in [5.74, 6) is 0.0192. The van der Waals surface area contributed by atoms with Crippen molar-refractivity contribution in [2.24, 2.45) is 0 Å². The van der Waals surface area contributed by atoms with Crippen molar-refractivity contribution in [1.82, 2.24) is 14.9 Å². The maximum atomic E-state index is 12.3. The standard InChI is InChI=1S/C24H24F3N5O2/c1-16-20-15-18(6-9-21(20)30-23(28-16)32-13-11-31(2)12-14-32)29-22(33)10-5-17-3-7-19(8-4-17)34-24(25,26)27/h3-10,15H,11-14H2,1-2H3,(H,29,33). The smallest absolute Gasteiger partial charge is 0.406 e. The number of aromatic nitrogens is 2. The summed E-state index contributed by atoms with van der Waals surface area (Å²) in [5.41, 5.74) is 2.78. The summed E-state index contributed by atoms with van der Waals surface area (Å²) in [6.45, 7) is 5.59. The highest BCUT2D eigenvalue weighted by molar-refractivity contribution is 6.03. The lowest BCUT2D eigenvalue weighted by molar-refractivity contribution is -0.274. The Morgan fingerprint density at radius 2 is 1.76 bits per heavy atom. The number of nitrogens with one attached hydrogen (secondary N) is 1. The van der Waals surface area contributed by atoms with Crippen LogP contribution in [0.3, 0.4) is 0 Å². The van der Waals surface area contributed by atoms with E-state index in [1.807, 2.05) is 19.1 Å².